The summed E-state index contributed by atoms with van der Waals surface area (Å²) in [7, 11) is 1.53. The van der Waals surface area contributed by atoms with Crippen LogP contribution in [0.4, 0.5) is 20.3 Å². The molecule has 4 aromatic rings. The number of ether oxygens (including phenoxy) is 1. The Kier molecular flexibility index (Phi) is 10.4. The summed E-state index contributed by atoms with van der Waals surface area (Å²) in [5, 5.41) is 15.3. The lowest BCUT2D eigenvalue weighted by Gasteiger charge is -2.15. The molecule has 2 aliphatic rings. The van der Waals surface area contributed by atoms with Crippen LogP contribution in [0.2, 0.25) is 5.02 Å². The van der Waals surface area contributed by atoms with Crippen LogP contribution in [0, 0.1) is 11.6 Å². The molecule has 2 atom stereocenters. The molecule has 0 unspecified atom stereocenters. The molecule has 2 saturated heterocycles. The molecule has 11 nitrogen and oxygen atoms in total. The van der Waals surface area contributed by atoms with E-state index in [1.54, 1.807) is 30.3 Å². The Bertz CT molecular complexity index is 1830. The summed E-state index contributed by atoms with van der Waals surface area (Å²) in [5.74, 6) is -0.954. The quantitative estimate of drug-likeness (QED) is 0.137. The summed E-state index contributed by atoms with van der Waals surface area (Å²) >= 11 is 6.84. The van der Waals surface area contributed by atoms with Gasteiger partial charge in [-0.25, -0.2) is 18.7 Å². The van der Waals surface area contributed by atoms with Crippen molar-refractivity contribution in [1.82, 2.24) is 36.2 Å². The van der Waals surface area contributed by atoms with Crippen molar-refractivity contribution in [3.05, 3.63) is 82.6 Å². The number of nitrogens with one attached hydrogen (secondary N) is 5. The van der Waals surface area contributed by atoms with Gasteiger partial charge in [-0.3, -0.25) is 14.6 Å². The maximum atomic E-state index is 16.0. The maximum absolute atomic E-state index is 16.0. The van der Waals surface area contributed by atoms with Gasteiger partial charge in [0.05, 0.1) is 29.2 Å². The maximum Gasteiger partial charge on any atom is 0.220 e. The molecule has 0 bridgehead atoms. The molecule has 48 heavy (non-hydrogen) atoms. The van der Waals surface area contributed by atoms with Gasteiger partial charge in [-0.05, 0) is 43.2 Å². The van der Waals surface area contributed by atoms with E-state index in [9.17, 15) is 9.59 Å². The molecule has 2 fully saturated rings. The monoisotopic (exact) mass is 676 g/mol. The minimum absolute atomic E-state index is 0.00485. The number of hydrogen-bond donors (Lipinski definition) is 5. The smallest absolute Gasteiger partial charge is 0.220 e. The topological polar surface area (TPSA) is 142 Å². The number of carbonyl (C=O) groups excluding carboxylic acids is 2. The standard InChI is InChI=1S/C34H35ClF2N8O3/c1-48-34-20(16-39-18-22-7-10-28(47)43-22)5-8-25(45-34)23-12-14-40-32(29(23)35)24-3-2-4-26(31(24)37)44-33-30(36)19(11-13-41-33)15-38-17-21-6-9-27(46)42-21/h2-5,8,11-14,21-22,38-39H,6-7,9-10,15-18H2,1H3,(H,41,44)(H,42,46)(H,43,47)/t21-,22+/m1/s1. The van der Waals surface area contributed by atoms with Gasteiger partial charge in [0, 0.05) is 85.8 Å². The third-order valence-corrected chi connectivity index (χ3v) is 8.74. The number of pyridine rings is 3. The van der Waals surface area contributed by atoms with Crippen LogP contribution in [0.1, 0.15) is 36.8 Å². The van der Waals surface area contributed by atoms with Crippen molar-refractivity contribution in [2.24, 2.45) is 0 Å². The van der Waals surface area contributed by atoms with Gasteiger partial charge < -0.3 is 31.3 Å². The lowest BCUT2D eigenvalue weighted by molar-refractivity contribution is -0.120. The number of nitrogens with zero attached hydrogens (tertiary/aromatic N) is 3. The van der Waals surface area contributed by atoms with E-state index in [0.29, 0.717) is 55.2 Å². The van der Waals surface area contributed by atoms with Gasteiger partial charge in [0.1, 0.15) is 0 Å². The number of amides is 2. The molecular formula is C34H35ClF2N8O3. The van der Waals surface area contributed by atoms with E-state index in [1.165, 1.54) is 25.6 Å². The number of aromatic nitrogens is 3. The van der Waals surface area contributed by atoms with Crippen LogP contribution in [-0.4, -0.2) is 59.0 Å². The van der Waals surface area contributed by atoms with Crippen molar-refractivity contribution in [2.75, 3.05) is 25.5 Å². The summed E-state index contributed by atoms with van der Waals surface area (Å²) in [5.41, 5.74) is 2.49. The van der Waals surface area contributed by atoms with Crippen molar-refractivity contribution in [1.29, 1.82) is 0 Å². The summed E-state index contributed by atoms with van der Waals surface area (Å²) in [6.07, 6.45) is 5.52. The fraction of sp³-hybridized carbons (Fsp3) is 0.324. The molecule has 5 N–H and O–H groups in total. The average Bonchev–Trinajstić information content (AvgIpc) is 3.70. The molecule has 250 valence electrons. The van der Waals surface area contributed by atoms with E-state index in [1.807, 2.05) is 6.07 Å². The van der Waals surface area contributed by atoms with E-state index in [0.717, 1.165) is 18.4 Å². The number of rotatable bonds is 13. The zero-order valence-electron chi connectivity index (χ0n) is 26.2. The van der Waals surface area contributed by atoms with Gasteiger partial charge in [0.25, 0.3) is 0 Å². The molecule has 1 aromatic carbocycles. The first-order chi connectivity index (χ1) is 23.3. The molecule has 6 rings (SSSR count). The Morgan fingerprint density at radius 2 is 1.54 bits per heavy atom. The molecule has 2 aliphatic heterocycles. The summed E-state index contributed by atoms with van der Waals surface area (Å²) in [6, 6.07) is 11.7. The van der Waals surface area contributed by atoms with Crippen LogP contribution >= 0.6 is 11.6 Å². The molecule has 2 amide bonds. The molecule has 5 heterocycles. The van der Waals surface area contributed by atoms with Crippen molar-refractivity contribution in [3.8, 4) is 28.4 Å². The lowest BCUT2D eigenvalue weighted by Crippen LogP contribution is -2.35. The second-order valence-corrected chi connectivity index (χ2v) is 12.1. The summed E-state index contributed by atoms with van der Waals surface area (Å²) in [4.78, 5) is 36.0. The van der Waals surface area contributed by atoms with Crippen molar-refractivity contribution >= 4 is 34.9 Å². The van der Waals surface area contributed by atoms with Gasteiger partial charge in [0.15, 0.2) is 17.5 Å². The van der Waals surface area contributed by atoms with Gasteiger partial charge in [-0.15, -0.1) is 0 Å². The molecule has 0 aliphatic carbocycles. The number of methoxy groups -OCH3 is 1. The molecule has 0 saturated carbocycles. The number of carbonyl (C=O) groups is 2. The van der Waals surface area contributed by atoms with Gasteiger partial charge >= 0.3 is 0 Å². The SMILES string of the molecule is COc1nc(-c2ccnc(-c3cccc(Nc4nccc(CNC[C@H]5CCC(=O)N5)c4F)c3F)c2Cl)ccc1CNC[C@@H]1CCC(=O)N1. The van der Waals surface area contributed by atoms with Gasteiger partial charge in [-0.1, -0.05) is 23.7 Å². The lowest BCUT2D eigenvalue weighted by atomic mass is 10.0. The van der Waals surface area contributed by atoms with Crippen LogP contribution in [0.25, 0.3) is 22.5 Å². The van der Waals surface area contributed by atoms with E-state index in [2.05, 4.69) is 41.5 Å². The molecular weight excluding hydrogens is 642 g/mol. The Morgan fingerprint density at radius 1 is 0.854 bits per heavy atom. The summed E-state index contributed by atoms with van der Waals surface area (Å²) < 4.78 is 37.0. The normalized spacial score (nSPS) is 17.3. The van der Waals surface area contributed by atoms with Crippen molar-refractivity contribution in [2.45, 2.75) is 50.9 Å². The Balaban J connectivity index is 1.17. The van der Waals surface area contributed by atoms with E-state index >= 15 is 8.78 Å². The van der Waals surface area contributed by atoms with Gasteiger partial charge in [0.2, 0.25) is 17.7 Å². The van der Waals surface area contributed by atoms with Gasteiger partial charge in [-0.2, -0.15) is 0 Å². The number of halogens is 3. The highest BCUT2D eigenvalue weighted by atomic mass is 35.5. The number of hydrogen-bond acceptors (Lipinski definition) is 9. The first-order valence-electron chi connectivity index (χ1n) is 15.7. The number of anilines is 2. The van der Waals surface area contributed by atoms with Crippen molar-refractivity contribution in [3.63, 3.8) is 0 Å². The molecule has 0 radical (unpaired) electrons. The predicted molar refractivity (Wildman–Crippen MR) is 178 cm³/mol. The Labute approximate surface area is 281 Å². The first kappa shape index (κ1) is 33.2. The highest BCUT2D eigenvalue weighted by molar-refractivity contribution is 6.35. The first-order valence-corrected chi connectivity index (χ1v) is 16.1. The zero-order chi connectivity index (χ0) is 33.6. The third kappa shape index (κ3) is 7.53. The highest BCUT2D eigenvalue weighted by Gasteiger charge is 2.23. The minimum atomic E-state index is -0.684. The average molecular weight is 677 g/mol. The molecule has 0 spiro atoms. The highest BCUT2D eigenvalue weighted by Crippen LogP contribution is 2.38. The van der Waals surface area contributed by atoms with Crippen LogP contribution in [-0.2, 0) is 22.7 Å². The Hall–Kier alpha value is -4.72. The second-order valence-electron chi connectivity index (χ2n) is 11.7. The fourth-order valence-corrected chi connectivity index (χ4v) is 6.14. The predicted octanol–water partition coefficient (Wildman–Crippen LogP) is 4.63. The summed E-state index contributed by atoms with van der Waals surface area (Å²) in [6.45, 7) is 1.83. The fourth-order valence-electron chi connectivity index (χ4n) is 5.83. The third-order valence-electron chi connectivity index (χ3n) is 8.36. The minimum Gasteiger partial charge on any atom is -0.481 e. The van der Waals surface area contributed by atoms with Crippen LogP contribution in [0.3, 0.4) is 0 Å². The number of benzene rings is 1. The van der Waals surface area contributed by atoms with E-state index in [4.69, 9.17) is 16.3 Å². The molecule has 3 aromatic heterocycles. The van der Waals surface area contributed by atoms with E-state index in [-0.39, 0.29) is 58.2 Å². The second kappa shape index (κ2) is 15.0. The zero-order valence-corrected chi connectivity index (χ0v) is 27.0. The van der Waals surface area contributed by atoms with Crippen LogP contribution in [0.5, 0.6) is 5.88 Å². The Morgan fingerprint density at radius 3 is 2.21 bits per heavy atom. The van der Waals surface area contributed by atoms with Crippen molar-refractivity contribution < 1.29 is 23.1 Å². The molecule has 14 heteroatoms. The largest absolute Gasteiger partial charge is 0.481 e. The van der Waals surface area contributed by atoms with E-state index < -0.39 is 11.6 Å². The van der Waals surface area contributed by atoms with Crippen LogP contribution in [0.15, 0.2) is 54.9 Å². The van der Waals surface area contributed by atoms with Crippen LogP contribution < -0.4 is 31.3 Å².